The van der Waals surface area contributed by atoms with Crippen LogP contribution in [0.25, 0.3) is 11.4 Å². The normalized spacial score (nSPS) is 12.3. The molecule has 0 saturated carbocycles. The highest BCUT2D eigenvalue weighted by atomic mass is 32.2. The number of benzene rings is 1. The average molecular weight is 491 g/mol. The van der Waals surface area contributed by atoms with E-state index in [1.807, 2.05) is 0 Å². The third-order valence-corrected chi connectivity index (χ3v) is 5.58. The van der Waals surface area contributed by atoms with Gasteiger partial charge in [-0.3, -0.25) is 9.52 Å². The van der Waals surface area contributed by atoms with Gasteiger partial charge in [-0.2, -0.15) is 5.21 Å². The Labute approximate surface area is 196 Å². The number of amides is 1. The molecule has 1 unspecified atom stereocenters. The first-order chi connectivity index (χ1) is 16.2. The van der Waals surface area contributed by atoms with Crippen molar-refractivity contribution in [3.05, 3.63) is 36.3 Å². The van der Waals surface area contributed by atoms with Crippen LogP contribution in [-0.2, 0) is 14.8 Å². The molecule has 1 aromatic carbocycles. The van der Waals surface area contributed by atoms with Crippen molar-refractivity contribution in [1.82, 2.24) is 30.2 Å². The van der Waals surface area contributed by atoms with Gasteiger partial charge in [-0.05, 0) is 23.8 Å². The van der Waals surface area contributed by atoms with Crippen molar-refractivity contribution in [2.45, 2.75) is 45.1 Å². The van der Waals surface area contributed by atoms with Crippen molar-refractivity contribution in [3.8, 4) is 11.4 Å². The molecule has 182 valence electrons. The number of unbranched alkanes of at least 4 members (excludes halogenated alkanes) is 3. The van der Waals surface area contributed by atoms with E-state index in [9.17, 15) is 23.1 Å². The second-order valence-corrected chi connectivity index (χ2v) is 9.45. The van der Waals surface area contributed by atoms with Crippen molar-refractivity contribution in [2.75, 3.05) is 16.3 Å². The number of aliphatic carboxylic acids is 1. The van der Waals surface area contributed by atoms with Gasteiger partial charge < -0.3 is 15.0 Å². The molecule has 14 heteroatoms. The minimum absolute atomic E-state index is 0.0143. The molecule has 0 bridgehead atoms. The molecular formula is C20H26N8O5S. The number of nitrogens with one attached hydrogen (secondary N) is 3. The van der Waals surface area contributed by atoms with E-state index >= 15 is 0 Å². The van der Waals surface area contributed by atoms with Crippen LogP contribution in [0, 0.1) is 0 Å². The molecule has 3 aromatic rings. The Morgan fingerprint density at radius 3 is 2.68 bits per heavy atom. The number of imidazole rings is 1. The van der Waals surface area contributed by atoms with Crippen molar-refractivity contribution in [2.24, 2.45) is 0 Å². The lowest BCUT2D eigenvalue weighted by molar-refractivity contribution is -0.141. The van der Waals surface area contributed by atoms with Crippen LogP contribution in [0.15, 0.2) is 30.7 Å². The first-order valence-corrected chi connectivity index (χ1v) is 12.5. The molecule has 1 amide bonds. The second-order valence-electron chi connectivity index (χ2n) is 7.70. The fourth-order valence-electron chi connectivity index (χ4n) is 3.45. The van der Waals surface area contributed by atoms with Crippen molar-refractivity contribution >= 4 is 33.4 Å². The van der Waals surface area contributed by atoms with Crippen LogP contribution in [-0.4, -0.2) is 61.8 Å². The van der Waals surface area contributed by atoms with Crippen molar-refractivity contribution in [1.29, 1.82) is 0 Å². The predicted molar refractivity (Wildman–Crippen MR) is 124 cm³/mol. The number of aromatic amines is 1. The van der Waals surface area contributed by atoms with Gasteiger partial charge in [-0.15, -0.1) is 10.2 Å². The molecule has 13 nitrogen and oxygen atoms in total. The van der Waals surface area contributed by atoms with Crippen LogP contribution in [0.4, 0.5) is 11.5 Å². The van der Waals surface area contributed by atoms with Crippen molar-refractivity contribution < 1.29 is 23.1 Å². The molecule has 0 fully saturated rings. The third kappa shape index (κ3) is 6.37. The van der Waals surface area contributed by atoms with E-state index in [1.54, 1.807) is 0 Å². The number of carboxylic acid groups (broad SMARTS) is 1. The molecule has 1 atom stereocenters. The first kappa shape index (κ1) is 24.8. The first-order valence-electron chi connectivity index (χ1n) is 10.6. The van der Waals surface area contributed by atoms with Gasteiger partial charge >= 0.3 is 5.97 Å². The summed E-state index contributed by atoms with van der Waals surface area (Å²) in [7, 11) is -3.66. The molecule has 0 aliphatic heterocycles. The number of tetrazole rings is 1. The zero-order chi connectivity index (χ0) is 24.7. The van der Waals surface area contributed by atoms with Crippen LogP contribution < -0.4 is 10.0 Å². The van der Waals surface area contributed by atoms with E-state index < -0.39 is 27.9 Å². The molecule has 0 aliphatic carbocycles. The minimum atomic E-state index is -3.66. The van der Waals surface area contributed by atoms with Gasteiger partial charge in [0, 0.05) is 6.20 Å². The highest BCUT2D eigenvalue weighted by Gasteiger charge is 2.23. The molecule has 0 aliphatic rings. The number of hydrogen-bond acceptors (Lipinski definition) is 8. The fraction of sp³-hybridized carbons (Fsp3) is 0.400. The van der Waals surface area contributed by atoms with E-state index in [0.717, 1.165) is 31.9 Å². The number of rotatable bonds is 12. The number of sulfonamides is 1. The van der Waals surface area contributed by atoms with Crippen LogP contribution in [0.5, 0.6) is 0 Å². The summed E-state index contributed by atoms with van der Waals surface area (Å²) in [6.07, 6.45) is 8.01. The van der Waals surface area contributed by atoms with Gasteiger partial charge in [-0.25, -0.2) is 18.2 Å². The van der Waals surface area contributed by atoms with Crippen LogP contribution in [0.1, 0.15) is 55.4 Å². The Hall–Kier alpha value is -3.81. The number of nitrogens with zero attached hydrogens (tertiary/aromatic N) is 5. The minimum Gasteiger partial charge on any atom is -0.480 e. The van der Waals surface area contributed by atoms with Crippen molar-refractivity contribution in [3.63, 3.8) is 0 Å². The quantitative estimate of drug-likeness (QED) is 0.276. The molecule has 3 rings (SSSR count). The third-order valence-electron chi connectivity index (χ3n) is 4.99. The van der Waals surface area contributed by atoms with E-state index in [2.05, 4.69) is 42.6 Å². The maximum Gasteiger partial charge on any atom is 0.326 e. The Balaban J connectivity index is 1.84. The maximum absolute atomic E-state index is 13.1. The number of H-pyrrole nitrogens is 1. The lowest BCUT2D eigenvalue weighted by atomic mass is 10.0. The second kappa shape index (κ2) is 10.9. The number of carboxylic acids is 1. The molecule has 4 N–H and O–H groups in total. The zero-order valence-corrected chi connectivity index (χ0v) is 19.5. The summed E-state index contributed by atoms with van der Waals surface area (Å²) in [4.78, 5) is 28.9. The van der Waals surface area contributed by atoms with Crippen LogP contribution in [0.2, 0.25) is 0 Å². The smallest absolute Gasteiger partial charge is 0.326 e. The highest BCUT2D eigenvalue weighted by Crippen LogP contribution is 2.30. The summed E-state index contributed by atoms with van der Waals surface area (Å²) in [5.41, 5.74) is 0.289. The lowest BCUT2D eigenvalue weighted by Crippen LogP contribution is -2.18. The predicted octanol–water partition coefficient (Wildman–Crippen LogP) is 2.28. The standard InChI is InChI=1S/C20H26N8O5S/c1-3-4-5-6-10-15(20(30)31)28-11-16(21-12-28)22-19(29)13-8-7-9-14(25-34(2,32)33)17(13)18-23-26-27-24-18/h7-9,11-12,15,25H,3-6,10H2,1-2H3,(H,22,29)(H,30,31)(H,23,24,26,27). The highest BCUT2D eigenvalue weighted by molar-refractivity contribution is 7.92. The van der Waals surface area contributed by atoms with E-state index in [4.69, 9.17) is 0 Å². The summed E-state index contributed by atoms with van der Waals surface area (Å²) in [6, 6.07) is 3.64. The Kier molecular flexibility index (Phi) is 7.94. The Morgan fingerprint density at radius 2 is 2.03 bits per heavy atom. The van der Waals surface area contributed by atoms with Gasteiger partial charge in [0.15, 0.2) is 5.82 Å². The summed E-state index contributed by atoms with van der Waals surface area (Å²) < 4.78 is 27.4. The van der Waals surface area contributed by atoms with Crippen LogP contribution in [0.3, 0.4) is 0 Å². The fourth-order valence-corrected chi connectivity index (χ4v) is 4.02. The number of aromatic nitrogens is 6. The van der Waals surface area contributed by atoms with Gasteiger partial charge in [0.05, 0.1) is 29.4 Å². The molecule has 2 aromatic heterocycles. The van der Waals surface area contributed by atoms with Gasteiger partial charge in [0.25, 0.3) is 5.91 Å². The van der Waals surface area contributed by atoms with E-state index in [0.29, 0.717) is 6.42 Å². The molecule has 0 radical (unpaired) electrons. The average Bonchev–Trinajstić information content (AvgIpc) is 3.44. The number of hydrogen-bond donors (Lipinski definition) is 4. The number of carbonyl (C=O) groups excluding carboxylic acids is 1. The molecule has 0 spiro atoms. The summed E-state index contributed by atoms with van der Waals surface area (Å²) in [6.45, 7) is 2.08. The summed E-state index contributed by atoms with van der Waals surface area (Å²) >= 11 is 0. The Morgan fingerprint density at radius 1 is 1.24 bits per heavy atom. The maximum atomic E-state index is 13.1. The van der Waals surface area contributed by atoms with E-state index in [1.165, 1.54) is 35.3 Å². The SMILES string of the molecule is CCCCCCC(C(=O)O)n1cnc(NC(=O)c2cccc(NS(C)(=O)=O)c2-c2nn[nH]n2)c1. The summed E-state index contributed by atoms with van der Waals surface area (Å²) in [5.74, 6) is -1.44. The number of carbonyl (C=O) groups is 2. The zero-order valence-electron chi connectivity index (χ0n) is 18.7. The topological polar surface area (TPSA) is 185 Å². The van der Waals surface area contributed by atoms with Crippen LogP contribution >= 0.6 is 0 Å². The van der Waals surface area contributed by atoms with Gasteiger partial charge in [0.2, 0.25) is 15.8 Å². The Bertz CT molecular complexity index is 1240. The number of anilines is 2. The van der Waals surface area contributed by atoms with Gasteiger partial charge in [-0.1, -0.05) is 38.7 Å². The molecule has 0 saturated heterocycles. The molecular weight excluding hydrogens is 464 g/mol. The van der Waals surface area contributed by atoms with Gasteiger partial charge in [0.1, 0.15) is 6.04 Å². The molecule has 2 heterocycles. The monoisotopic (exact) mass is 490 g/mol. The molecule has 34 heavy (non-hydrogen) atoms. The van der Waals surface area contributed by atoms with E-state index in [-0.39, 0.29) is 28.5 Å². The largest absolute Gasteiger partial charge is 0.480 e. The summed E-state index contributed by atoms with van der Waals surface area (Å²) in [5, 5.41) is 25.7. The lowest BCUT2D eigenvalue weighted by Gasteiger charge is -2.13.